The average Bonchev–Trinajstić information content (AvgIpc) is 2.99. The summed E-state index contributed by atoms with van der Waals surface area (Å²) < 4.78 is 0. The fraction of sp³-hybridized carbons (Fsp3) is 0.300. The SMILES string of the molecule is CCC(=O)ON1CCN(C(=O)[C@H](CCC(=O)O)NC(=O)c2cc(-c3ccccc3)nc(-c3ccccc3)c2)CC1. The minimum absolute atomic E-state index is 0.0624. The van der Waals surface area contributed by atoms with Crippen molar-refractivity contribution in [3.63, 3.8) is 0 Å². The fourth-order valence-electron chi connectivity index (χ4n) is 4.37. The normalized spacial score (nSPS) is 14.3. The van der Waals surface area contributed by atoms with E-state index in [1.807, 2.05) is 60.7 Å². The number of benzene rings is 2. The maximum Gasteiger partial charge on any atom is 0.324 e. The van der Waals surface area contributed by atoms with Gasteiger partial charge in [0.25, 0.3) is 5.91 Å². The zero-order valence-corrected chi connectivity index (χ0v) is 22.3. The summed E-state index contributed by atoms with van der Waals surface area (Å²) in [6, 6.07) is 21.2. The Bertz CT molecular complexity index is 1280. The number of carbonyl (C=O) groups is 4. The molecule has 0 radical (unpaired) electrons. The van der Waals surface area contributed by atoms with Crippen LogP contribution in [0, 0.1) is 0 Å². The van der Waals surface area contributed by atoms with Gasteiger partial charge in [-0.2, -0.15) is 0 Å². The van der Waals surface area contributed by atoms with Crippen molar-refractivity contribution >= 4 is 23.8 Å². The maximum atomic E-state index is 13.5. The molecule has 0 unspecified atom stereocenters. The van der Waals surface area contributed by atoms with Gasteiger partial charge in [-0.1, -0.05) is 67.6 Å². The first-order valence-corrected chi connectivity index (χ1v) is 13.2. The lowest BCUT2D eigenvalue weighted by atomic mass is 10.0. The highest BCUT2D eigenvalue weighted by Gasteiger charge is 2.30. The number of carboxylic acid groups (broad SMARTS) is 1. The number of hydroxylamine groups is 2. The zero-order chi connectivity index (χ0) is 28.5. The van der Waals surface area contributed by atoms with Crippen LogP contribution < -0.4 is 5.32 Å². The van der Waals surface area contributed by atoms with Crippen LogP contribution in [0.15, 0.2) is 72.8 Å². The van der Waals surface area contributed by atoms with Crippen LogP contribution in [-0.4, -0.2) is 76.0 Å². The van der Waals surface area contributed by atoms with E-state index < -0.39 is 17.9 Å². The summed E-state index contributed by atoms with van der Waals surface area (Å²) in [7, 11) is 0. The first-order chi connectivity index (χ1) is 19.3. The van der Waals surface area contributed by atoms with Gasteiger partial charge in [0.15, 0.2) is 0 Å². The van der Waals surface area contributed by atoms with Crippen molar-refractivity contribution in [2.45, 2.75) is 32.2 Å². The lowest BCUT2D eigenvalue weighted by Gasteiger charge is -2.35. The molecule has 2 aromatic carbocycles. The molecular formula is C30H32N4O6. The lowest BCUT2D eigenvalue weighted by Crippen LogP contribution is -2.55. The van der Waals surface area contributed by atoms with Gasteiger partial charge in [-0.05, 0) is 18.6 Å². The van der Waals surface area contributed by atoms with Crippen LogP contribution in [0.2, 0.25) is 0 Å². The molecule has 1 fully saturated rings. The van der Waals surface area contributed by atoms with E-state index in [1.165, 1.54) is 5.06 Å². The molecule has 2 heterocycles. The van der Waals surface area contributed by atoms with E-state index in [1.54, 1.807) is 24.0 Å². The van der Waals surface area contributed by atoms with Crippen molar-refractivity contribution in [3.8, 4) is 22.5 Å². The molecule has 3 aromatic rings. The summed E-state index contributed by atoms with van der Waals surface area (Å²) in [6.07, 6.45) is -0.103. The number of hydrogen-bond acceptors (Lipinski definition) is 7. The van der Waals surface area contributed by atoms with Crippen molar-refractivity contribution in [1.82, 2.24) is 20.3 Å². The number of carbonyl (C=O) groups excluding carboxylic acids is 3. The average molecular weight is 545 g/mol. The van der Waals surface area contributed by atoms with Crippen LogP contribution in [-0.2, 0) is 19.2 Å². The number of hydrogen-bond donors (Lipinski definition) is 2. The van der Waals surface area contributed by atoms with Crippen LogP contribution in [0.3, 0.4) is 0 Å². The Morgan fingerprint density at radius 1 is 0.900 bits per heavy atom. The van der Waals surface area contributed by atoms with Crippen LogP contribution in [0.1, 0.15) is 36.5 Å². The number of carboxylic acids is 1. The van der Waals surface area contributed by atoms with Crippen molar-refractivity contribution in [1.29, 1.82) is 0 Å². The summed E-state index contributed by atoms with van der Waals surface area (Å²) in [5.74, 6) is -2.30. The molecule has 0 bridgehead atoms. The minimum Gasteiger partial charge on any atom is -0.481 e. The molecule has 0 aliphatic carbocycles. The Morgan fingerprint density at radius 3 is 1.95 bits per heavy atom. The van der Waals surface area contributed by atoms with Gasteiger partial charge in [0.2, 0.25) is 5.91 Å². The van der Waals surface area contributed by atoms with Gasteiger partial charge >= 0.3 is 11.9 Å². The third kappa shape index (κ3) is 7.51. The third-order valence-electron chi connectivity index (χ3n) is 6.55. The van der Waals surface area contributed by atoms with Gasteiger partial charge in [0.05, 0.1) is 24.5 Å². The van der Waals surface area contributed by atoms with E-state index in [-0.39, 0.29) is 44.2 Å². The Labute approximate surface area is 232 Å². The molecule has 10 heteroatoms. The molecular weight excluding hydrogens is 512 g/mol. The highest BCUT2D eigenvalue weighted by atomic mass is 16.7. The number of nitrogens with one attached hydrogen (secondary N) is 1. The smallest absolute Gasteiger partial charge is 0.324 e. The number of aliphatic carboxylic acids is 1. The van der Waals surface area contributed by atoms with Crippen LogP contribution >= 0.6 is 0 Å². The second kappa shape index (κ2) is 13.5. The molecule has 208 valence electrons. The highest BCUT2D eigenvalue weighted by Crippen LogP contribution is 2.25. The predicted molar refractivity (Wildman–Crippen MR) is 148 cm³/mol. The van der Waals surface area contributed by atoms with Crippen molar-refractivity contribution < 1.29 is 29.1 Å². The number of rotatable bonds is 10. The van der Waals surface area contributed by atoms with Crippen LogP contribution in [0.25, 0.3) is 22.5 Å². The molecule has 4 rings (SSSR count). The molecule has 1 saturated heterocycles. The standard InChI is InChI=1S/C30H32N4O6/c1-2-28(37)40-34-17-15-33(16-18-34)30(39)24(13-14-27(35)36)32-29(38)23-19-25(21-9-5-3-6-10-21)31-26(20-23)22-11-7-4-8-12-22/h3-12,19-20,24H,2,13-18H2,1H3,(H,32,38)(H,35,36)/t24-/m0/s1. The molecule has 0 saturated carbocycles. The first kappa shape index (κ1) is 28.4. The third-order valence-corrected chi connectivity index (χ3v) is 6.55. The van der Waals surface area contributed by atoms with Crippen LogP contribution in [0.4, 0.5) is 0 Å². The molecule has 10 nitrogen and oxygen atoms in total. The molecule has 1 aromatic heterocycles. The zero-order valence-electron chi connectivity index (χ0n) is 22.3. The van der Waals surface area contributed by atoms with Crippen molar-refractivity contribution in [2.75, 3.05) is 26.2 Å². The molecule has 2 amide bonds. The fourth-order valence-corrected chi connectivity index (χ4v) is 4.37. The van der Waals surface area contributed by atoms with E-state index in [9.17, 15) is 24.3 Å². The predicted octanol–water partition coefficient (Wildman–Crippen LogP) is 3.39. The highest BCUT2D eigenvalue weighted by molar-refractivity contribution is 5.99. The molecule has 1 aliphatic rings. The van der Waals surface area contributed by atoms with Gasteiger partial charge in [0.1, 0.15) is 6.04 Å². The number of nitrogens with zero attached hydrogens (tertiary/aromatic N) is 3. The maximum absolute atomic E-state index is 13.5. The van der Waals surface area contributed by atoms with Gasteiger partial charge in [-0.3, -0.25) is 19.2 Å². The van der Waals surface area contributed by atoms with E-state index in [0.29, 0.717) is 30.0 Å². The topological polar surface area (TPSA) is 129 Å². The van der Waals surface area contributed by atoms with E-state index in [2.05, 4.69) is 5.32 Å². The lowest BCUT2D eigenvalue weighted by molar-refractivity contribution is -0.197. The summed E-state index contributed by atoms with van der Waals surface area (Å²) in [4.78, 5) is 61.4. The van der Waals surface area contributed by atoms with E-state index in [4.69, 9.17) is 9.82 Å². The summed E-state index contributed by atoms with van der Waals surface area (Å²) in [5, 5.41) is 13.6. The largest absolute Gasteiger partial charge is 0.481 e. The number of pyridine rings is 1. The molecule has 1 atom stereocenters. The number of aromatic nitrogens is 1. The molecule has 0 spiro atoms. The first-order valence-electron chi connectivity index (χ1n) is 13.2. The van der Waals surface area contributed by atoms with Gasteiger partial charge in [0, 0.05) is 42.6 Å². The van der Waals surface area contributed by atoms with Gasteiger partial charge in [-0.25, -0.2) is 4.98 Å². The van der Waals surface area contributed by atoms with Crippen LogP contribution in [0.5, 0.6) is 0 Å². The Hall–Kier alpha value is -4.57. The Balaban J connectivity index is 1.56. The second-order valence-electron chi connectivity index (χ2n) is 9.39. The quantitative estimate of drug-likeness (QED) is 0.397. The van der Waals surface area contributed by atoms with E-state index >= 15 is 0 Å². The summed E-state index contributed by atoms with van der Waals surface area (Å²) in [6.45, 7) is 2.90. The minimum atomic E-state index is -1.06. The summed E-state index contributed by atoms with van der Waals surface area (Å²) in [5.41, 5.74) is 3.15. The summed E-state index contributed by atoms with van der Waals surface area (Å²) >= 11 is 0. The van der Waals surface area contributed by atoms with E-state index in [0.717, 1.165) is 11.1 Å². The van der Waals surface area contributed by atoms with Gasteiger partial charge < -0.3 is 20.2 Å². The number of amides is 2. The molecule has 1 aliphatic heterocycles. The van der Waals surface area contributed by atoms with Crippen molar-refractivity contribution in [3.05, 3.63) is 78.4 Å². The Kier molecular flexibility index (Phi) is 9.58. The molecule has 2 N–H and O–H groups in total. The Morgan fingerprint density at radius 2 is 1.45 bits per heavy atom. The molecule has 40 heavy (non-hydrogen) atoms. The van der Waals surface area contributed by atoms with Gasteiger partial charge in [-0.15, -0.1) is 5.06 Å². The van der Waals surface area contributed by atoms with Crippen molar-refractivity contribution in [2.24, 2.45) is 0 Å². The second-order valence-corrected chi connectivity index (χ2v) is 9.39. The monoisotopic (exact) mass is 544 g/mol. The number of piperazine rings is 1.